The fraction of sp³-hybridized carbons (Fsp3) is 0.389. The minimum absolute atomic E-state index is 0.0331. The van der Waals surface area contributed by atoms with Crippen molar-refractivity contribution >= 4 is 17.3 Å². The Bertz CT molecular complexity index is 800. The van der Waals surface area contributed by atoms with Crippen molar-refractivity contribution in [1.82, 2.24) is 9.78 Å². The fourth-order valence-corrected chi connectivity index (χ4v) is 3.01. The van der Waals surface area contributed by atoms with Gasteiger partial charge in [-0.05, 0) is 31.4 Å². The molecule has 0 bridgehead atoms. The van der Waals surface area contributed by atoms with Gasteiger partial charge >= 0.3 is 0 Å². The largest absolute Gasteiger partial charge is 0.369 e. The zero-order valence-corrected chi connectivity index (χ0v) is 14.0. The van der Waals surface area contributed by atoms with Gasteiger partial charge < -0.3 is 10.2 Å². The molecule has 0 radical (unpaired) electrons. The van der Waals surface area contributed by atoms with E-state index in [0.29, 0.717) is 6.54 Å². The topological polar surface area (TPSA) is 67.2 Å². The number of anilines is 2. The number of carbonyl (C=O) groups excluding carboxylic acids is 1. The number of carbonyl (C=O) groups is 1. The number of piperidine rings is 1. The Labute approximate surface area is 141 Å². The average molecular weight is 326 g/mol. The molecule has 1 aromatic heterocycles. The molecule has 1 aromatic carbocycles. The lowest BCUT2D eigenvalue weighted by atomic mass is 9.96. The van der Waals surface area contributed by atoms with Gasteiger partial charge in [0.15, 0.2) is 0 Å². The van der Waals surface area contributed by atoms with Crippen molar-refractivity contribution in [2.45, 2.75) is 19.8 Å². The molecule has 2 heterocycles. The predicted octanol–water partition coefficient (Wildman–Crippen LogP) is 1.94. The van der Waals surface area contributed by atoms with Crippen LogP contribution in [0.25, 0.3) is 0 Å². The number of benzene rings is 1. The number of nitrogens with zero attached hydrogens (tertiary/aromatic N) is 3. The molecular weight excluding hydrogens is 304 g/mol. The van der Waals surface area contributed by atoms with Crippen LogP contribution < -0.4 is 15.8 Å². The number of hydrogen-bond acceptors (Lipinski definition) is 4. The number of rotatable bonds is 3. The van der Waals surface area contributed by atoms with Gasteiger partial charge in [0.05, 0.1) is 17.8 Å². The van der Waals surface area contributed by atoms with E-state index in [1.165, 1.54) is 4.68 Å². The number of aromatic nitrogens is 2. The minimum atomic E-state index is -0.140. The summed E-state index contributed by atoms with van der Waals surface area (Å²) in [4.78, 5) is 26.4. The molecule has 126 valence electrons. The Morgan fingerprint density at radius 3 is 2.88 bits per heavy atom. The van der Waals surface area contributed by atoms with E-state index in [2.05, 4.69) is 15.3 Å². The van der Waals surface area contributed by atoms with E-state index in [1.54, 1.807) is 19.3 Å². The summed E-state index contributed by atoms with van der Waals surface area (Å²) < 4.78 is 1.30. The van der Waals surface area contributed by atoms with Crippen molar-refractivity contribution in [3.63, 3.8) is 0 Å². The van der Waals surface area contributed by atoms with Gasteiger partial charge in [0.1, 0.15) is 0 Å². The second-order valence-corrected chi connectivity index (χ2v) is 6.26. The van der Waals surface area contributed by atoms with Crippen LogP contribution in [-0.2, 0) is 11.8 Å². The molecule has 0 spiro atoms. The van der Waals surface area contributed by atoms with E-state index >= 15 is 0 Å². The normalized spacial score (nSPS) is 17.6. The summed E-state index contributed by atoms with van der Waals surface area (Å²) in [6.07, 6.45) is 3.45. The molecule has 1 N–H and O–H groups in total. The van der Waals surface area contributed by atoms with Gasteiger partial charge in [0.2, 0.25) is 5.91 Å². The second-order valence-electron chi connectivity index (χ2n) is 6.26. The first-order valence-corrected chi connectivity index (χ1v) is 8.19. The van der Waals surface area contributed by atoms with Crippen molar-refractivity contribution in [2.24, 2.45) is 13.0 Å². The first-order chi connectivity index (χ1) is 11.5. The van der Waals surface area contributed by atoms with Gasteiger partial charge in [-0.25, -0.2) is 4.68 Å². The second kappa shape index (κ2) is 6.86. The van der Waals surface area contributed by atoms with E-state index in [-0.39, 0.29) is 17.4 Å². The van der Waals surface area contributed by atoms with Gasteiger partial charge in [-0.3, -0.25) is 9.59 Å². The Morgan fingerprint density at radius 2 is 2.12 bits per heavy atom. The lowest BCUT2D eigenvalue weighted by Gasteiger charge is -2.33. The smallest absolute Gasteiger partial charge is 0.268 e. The van der Waals surface area contributed by atoms with Crippen molar-refractivity contribution < 1.29 is 4.79 Å². The third kappa shape index (κ3) is 3.48. The third-order valence-corrected chi connectivity index (χ3v) is 4.51. The summed E-state index contributed by atoms with van der Waals surface area (Å²) in [5, 5.41) is 7.09. The van der Waals surface area contributed by atoms with Crippen LogP contribution in [0.5, 0.6) is 0 Å². The number of hydrogen-bond donors (Lipinski definition) is 1. The molecule has 2 aromatic rings. The molecule has 6 nitrogen and oxygen atoms in total. The summed E-state index contributed by atoms with van der Waals surface area (Å²) in [6.45, 7) is 3.42. The molecule has 1 fully saturated rings. The maximum Gasteiger partial charge on any atom is 0.268 e. The van der Waals surface area contributed by atoms with Crippen LogP contribution >= 0.6 is 0 Å². The molecule has 0 aliphatic carbocycles. The zero-order valence-electron chi connectivity index (χ0n) is 14.0. The van der Waals surface area contributed by atoms with Crippen LogP contribution in [0, 0.1) is 12.8 Å². The number of nitrogens with one attached hydrogen (secondary N) is 1. The number of amides is 1. The Morgan fingerprint density at radius 1 is 1.33 bits per heavy atom. The van der Waals surface area contributed by atoms with Gasteiger partial charge in [0.25, 0.3) is 5.56 Å². The van der Waals surface area contributed by atoms with Gasteiger partial charge in [-0.1, -0.05) is 18.2 Å². The van der Waals surface area contributed by atoms with Crippen LogP contribution in [0.1, 0.15) is 18.4 Å². The summed E-state index contributed by atoms with van der Waals surface area (Å²) in [5.74, 6) is -0.0618. The van der Waals surface area contributed by atoms with E-state index in [9.17, 15) is 9.59 Å². The average Bonchev–Trinajstić information content (AvgIpc) is 2.59. The Balaban J connectivity index is 1.71. The molecule has 6 heteroatoms. The maximum atomic E-state index is 12.6. The Kier molecular flexibility index (Phi) is 4.64. The molecule has 1 aliphatic rings. The van der Waals surface area contributed by atoms with Crippen molar-refractivity contribution in [2.75, 3.05) is 23.3 Å². The van der Waals surface area contributed by atoms with Gasteiger partial charge in [-0.2, -0.15) is 5.10 Å². The van der Waals surface area contributed by atoms with Gasteiger partial charge in [0, 0.05) is 31.9 Å². The molecule has 1 atom stereocenters. The molecule has 1 amide bonds. The highest BCUT2D eigenvalue weighted by atomic mass is 16.2. The summed E-state index contributed by atoms with van der Waals surface area (Å²) in [7, 11) is 1.63. The van der Waals surface area contributed by atoms with E-state index in [4.69, 9.17) is 0 Å². The zero-order chi connectivity index (χ0) is 17.1. The van der Waals surface area contributed by atoms with Gasteiger partial charge in [-0.15, -0.1) is 0 Å². The molecule has 0 unspecified atom stereocenters. The molecule has 3 rings (SSSR count). The van der Waals surface area contributed by atoms with E-state index < -0.39 is 0 Å². The quantitative estimate of drug-likeness (QED) is 0.936. The lowest BCUT2D eigenvalue weighted by Crippen LogP contribution is -2.41. The maximum absolute atomic E-state index is 12.6. The van der Waals surface area contributed by atoms with E-state index in [0.717, 1.165) is 36.3 Å². The Hall–Kier alpha value is -2.63. The lowest BCUT2D eigenvalue weighted by molar-refractivity contribution is -0.120. The fourth-order valence-electron chi connectivity index (χ4n) is 3.01. The SMILES string of the molecule is Cc1ccccc1NC(=O)[C@H]1CCCN(c2cnn(C)c(=O)c2)C1. The van der Waals surface area contributed by atoms with Crippen LogP contribution in [0.3, 0.4) is 0 Å². The molecular formula is C18H22N4O2. The van der Waals surface area contributed by atoms with Crippen molar-refractivity contribution in [3.05, 3.63) is 52.4 Å². The highest BCUT2D eigenvalue weighted by Gasteiger charge is 2.26. The first kappa shape index (κ1) is 16.2. The van der Waals surface area contributed by atoms with Crippen LogP contribution in [0.2, 0.25) is 0 Å². The highest BCUT2D eigenvalue weighted by molar-refractivity contribution is 5.93. The summed E-state index contributed by atoms with van der Waals surface area (Å²) in [6, 6.07) is 9.35. The van der Waals surface area contributed by atoms with Crippen molar-refractivity contribution in [1.29, 1.82) is 0 Å². The van der Waals surface area contributed by atoms with Crippen LogP contribution in [0.15, 0.2) is 41.3 Å². The standard InChI is InChI=1S/C18H22N4O2/c1-13-6-3-4-8-16(13)20-18(24)14-7-5-9-22(12-14)15-10-17(23)21(2)19-11-15/h3-4,6,8,10-11,14H,5,7,9,12H2,1-2H3,(H,20,24)/t14-/m0/s1. The van der Waals surface area contributed by atoms with Crippen LogP contribution in [-0.4, -0.2) is 28.8 Å². The van der Waals surface area contributed by atoms with E-state index in [1.807, 2.05) is 31.2 Å². The highest BCUT2D eigenvalue weighted by Crippen LogP contribution is 2.23. The summed E-state index contributed by atoms with van der Waals surface area (Å²) >= 11 is 0. The number of aryl methyl sites for hydroxylation is 2. The molecule has 0 saturated carbocycles. The molecule has 1 aliphatic heterocycles. The predicted molar refractivity (Wildman–Crippen MR) is 94.2 cm³/mol. The molecule has 1 saturated heterocycles. The molecule has 24 heavy (non-hydrogen) atoms. The minimum Gasteiger partial charge on any atom is -0.369 e. The third-order valence-electron chi connectivity index (χ3n) is 4.51. The monoisotopic (exact) mass is 326 g/mol. The number of para-hydroxylation sites is 1. The summed E-state index contributed by atoms with van der Waals surface area (Å²) in [5.41, 5.74) is 2.55. The van der Waals surface area contributed by atoms with Crippen molar-refractivity contribution in [3.8, 4) is 0 Å². The van der Waals surface area contributed by atoms with Crippen LogP contribution in [0.4, 0.5) is 11.4 Å². The first-order valence-electron chi connectivity index (χ1n) is 8.19.